The number of allylic oxidation sites excluding steroid dienone is 1. The van der Waals surface area contributed by atoms with Crippen molar-refractivity contribution in [3.05, 3.63) is 58.0 Å². The Morgan fingerprint density at radius 1 is 1.27 bits per heavy atom. The summed E-state index contributed by atoms with van der Waals surface area (Å²) in [5.74, 6) is -0.825. The van der Waals surface area contributed by atoms with E-state index in [9.17, 15) is 14.0 Å². The molecule has 1 aliphatic carbocycles. The summed E-state index contributed by atoms with van der Waals surface area (Å²) in [7, 11) is 1.88. The molecule has 1 unspecified atom stereocenters. The third kappa shape index (κ3) is 4.86. The van der Waals surface area contributed by atoms with E-state index in [1.54, 1.807) is 26.0 Å². The van der Waals surface area contributed by atoms with Crippen LogP contribution in [0.15, 0.2) is 51.6 Å². The highest BCUT2D eigenvalue weighted by atomic mass is 32.2. The van der Waals surface area contributed by atoms with Gasteiger partial charge in [0.25, 0.3) is 0 Å². The fourth-order valence-electron chi connectivity index (χ4n) is 4.78. The fraction of sp³-hybridized carbons (Fsp3) is 0.480. The van der Waals surface area contributed by atoms with Gasteiger partial charge in [0.2, 0.25) is 5.91 Å². The highest BCUT2D eigenvalue weighted by Gasteiger charge is 2.41. The quantitative estimate of drug-likeness (QED) is 0.538. The molecular formula is C25H30FN3O3S. The molecule has 33 heavy (non-hydrogen) atoms. The average Bonchev–Trinajstić information content (AvgIpc) is 3.20. The highest BCUT2D eigenvalue weighted by Crippen LogP contribution is 2.45. The Kier molecular flexibility index (Phi) is 7.22. The first-order valence-electron chi connectivity index (χ1n) is 11.5. The van der Waals surface area contributed by atoms with Gasteiger partial charge in [0, 0.05) is 18.8 Å². The van der Waals surface area contributed by atoms with E-state index in [-0.39, 0.29) is 30.8 Å². The topological polar surface area (TPSA) is 62.2 Å². The first-order chi connectivity index (χ1) is 15.9. The van der Waals surface area contributed by atoms with Crippen LogP contribution in [0.1, 0.15) is 64.0 Å². The summed E-state index contributed by atoms with van der Waals surface area (Å²) >= 11 is 1.42. The molecule has 6 nitrogen and oxygen atoms in total. The summed E-state index contributed by atoms with van der Waals surface area (Å²) in [5.41, 5.74) is 2.29. The summed E-state index contributed by atoms with van der Waals surface area (Å²) in [6.45, 7) is 3.74. The second-order valence-electron chi connectivity index (χ2n) is 8.64. The Hall–Kier alpha value is -2.61. The maximum Gasteiger partial charge on any atom is 0.338 e. The summed E-state index contributed by atoms with van der Waals surface area (Å²) in [6.07, 6.45) is 5.79. The maximum absolute atomic E-state index is 14.2. The van der Waals surface area contributed by atoms with Crippen LogP contribution >= 0.6 is 11.8 Å². The SMILES string of the molecule is CCOC(=O)C1=C(C)N=C2SC=C(CC(=O)N(C)C3CCCCC3)N2C1c1cccc(F)c1. The van der Waals surface area contributed by atoms with Gasteiger partial charge in [0.1, 0.15) is 5.82 Å². The Morgan fingerprint density at radius 3 is 2.73 bits per heavy atom. The van der Waals surface area contributed by atoms with Crippen molar-refractivity contribution in [3.63, 3.8) is 0 Å². The molecule has 3 aliphatic rings. The van der Waals surface area contributed by atoms with Crippen LogP contribution in [0.2, 0.25) is 0 Å². The lowest BCUT2D eigenvalue weighted by Gasteiger charge is -2.37. The number of amidine groups is 1. The van der Waals surface area contributed by atoms with Gasteiger partial charge in [-0.05, 0) is 49.8 Å². The Bertz CT molecular complexity index is 1030. The number of benzene rings is 1. The summed E-state index contributed by atoms with van der Waals surface area (Å²) in [6, 6.07) is 5.88. The number of esters is 1. The van der Waals surface area contributed by atoms with Gasteiger partial charge in [-0.25, -0.2) is 14.2 Å². The number of rotatable bonds is 6. The number of hydrogen-bond acceptors (Lipinski definition) is 6. The van der Waals surface area contributed by atoms with Crippen molar-refractivity contribution in [3.8, 4) is 0 Å². The van der Waals surface area contributed by atoms with Crippen molar-refractivity contribution in [2.45, 2.75) is 64.5 Å². The lowest BCUT2D eigenvalue weighted by Crippen LogP contribution is -2.41. The van der Waals surface area contributed by atoms with Crippen LogP contribution in [0.5, 0.6) is 0 Å². The van der Waals surface area contributed by atoms with Crippen LogP contribution in [0.25, 0.3) is 0 Å². The largest absolute Gasteiger partial charge is 0.463 e. The van der Waals surface area contributed by atoms with E-state index in [2.05, 4.69) is 4.99 Å². The predicted molar refractivity (Wildman–Crippen MR) is 128 cm³/mol. The van der Waals surface area contributed by atoms with E-state index in [4.69, 9.17) is 4.74 Å². The predicted octanol–water partition coefficient (Wildman–Crippen LogP) is 5.14. The minimum Gasteiger partial charge on any atom is -0.463 e. The van der Waals surface area contributed by atoms with Crippen molar-refractivity contribution >= 4 is 28.8 Å². The second kappa shape index (κ2) is 10.1. The third-order valence-electron chi connectivity index (χ3n) is 6.51. The minimum absolute atomic E-state index is 0.0388. The molecule has 1 atom stereocenters. The van der Waals surface area contributed by atoms with Gasteiger partial charge in [-0.2, -0.15) is 0 Å². The van der Waals surface area contributed by atoms with Crippen LogP contribution in [-0.2, 0) is 14.3 Å². The van der Waals surface area contributed by atoms with Gasteiger partial charge >= 0.3 is 5.97 Å². The number of amides is 1. The summed E-state index contributed by atoms with van der Waals surface area (Å²) in [5, 5.41) is 2.59. The number of nitrogens with zero attached hydrogens (tertiary/aromatic N) is 3. The minimum atomic E-state index is -0.610. The third-order valence-corrected chi connectivity index (χ3v) is 7.40. The molecule has 1 amide bonds. The van der Waals surface area contributed by atoms with E-state index in [1.165, 1.54) is 30.3 Å². The number of halogens is 1. The molecule has 1 aromatic carbocycles. The van der Waals surface area contributed by atoms with Crippen molar-refractivity contribution < 1.29 is 18.7 Å². The molecule has 0 spiro atoms. The molecule has 0 bridgehead atoms. The van der Waals surface area contributed by atoms with E-state index in [0.29, 0.717) is 22.0 Å². The molecule has 0 N–H and O–H groups in total. The summed E-state index contributed by atoms with van der Waals surface area (Å²) in [4.78, 5) is 34.5. The Labute approximate surface area is 198 Å². The van der Waals surface area contributed by atoms with Gasteiger partial charge in [0.15, 0.2) is 5.17 Å². The number of carbonyl (C=O) groups is 2. The average molecular weight is 472 g/mol. The molecule has 1 saturated carbocycles. The number of carbonyl (C=O) groups excluding carboxylic acids is 2. The lowest BCUT2D eigenvalue weighted by atomic mass is 9.93. The van der Waals surface area contributed by atoms with Crippen molar-refractivity contribution in [2.24, 2.45) is 4.99 Å². The first kappa shape index (κ1) is 23.5. The zero-order valence-corrected chi connectivity index (χ0v) is 20.2. The number of ether oxygens (including phenoxy) is 1. The van der Waals surface area contributed by atoms with E-state index >= 15 is 0 Å². The monoisotopic (exact) mass is 471 g/mol. The lowest BCUT2D eigenvalue weighted by molar-refractivity contribution is -0.139. The van der Waals surface area contributed by atoms with E-state index < -0.39 is 12.0 Å². The van der Waals surface area contributed by atoms with Crippen LogP contribution in [0.4, 0.5) is 4.39 Å². The highest BCUT2D eigenvalue weighted by molar-refractivity contribution is 8.16. The standard InChI is InChI=1S/C25H30FN3O3S/c1-4-32-24(31)22-16(2)27-25-29(23(22)17-9-8-10-18(26)13-17)20(15-33-25)14-21(30)28(3)19-11-6-5-7-12-19/h8-10,13,15,19,23H,4-7,11-12,14H2,1-3H3. The van der Waals surface area contributed by atoms with Crippen LogP contribution in [-0.4, -0.2) is 46.5 Å². The van der Waals surface area contributed by atoms with Crippen LogP contribution in [0.3, 0.4) is 0 Å². The van der Waals surface area contributed by atoms with Gasteiger partial charge in [-0.15, -0.1) is 0 Å². The zero-order valence-electron chi connectivity index (χ0n) is 19.3. The molecule has 2 aliphatic heterocycles. The van der Waals surface area contributed by atoms with Crippen LogP contribution in [0, 0.1) is 5.82 Å². The van der Waals surface area contributed by atoms with E-state index in [0.717, 1.165) is 31.4 Å². The smallest absolute Gasteiger partial charge is 0.338 e. The number of thioether (sulfide) groups is 1. The maximum atomic E-state index is 14.2. The van der Waals surface area contributed by atoms with Gasteiger partial charge in [-0.3, -0.25) is 4.79 Å². The van der Waals surface area contributed by atoms with Crippen molar-refractivity contribution in [1.29, 1.82) is 0 Å². The number of aliphatic imine (C=N–C) groups is 1. The van der Waals surface area contributed by atoms with Crippen molar-refractivity contribution in [2.75, 3.05) is 13.7 Å². The van der Waals surface area contributed by atoms with Crippen LogP contribution < -0.4 is 0 Å². The van der Waals surface area contributed by atoms with Gasteiger partial charge in [0.05, 0.1) is 30.3 Å². The Balaban J connectivity index is 1.65. The second-order valence-corrected chi connectivity index (χ2v) is 9.48. The molecule has 4 rings (SSSR count). The molecule has 0 aromatic heterocycles. The molecular weight excluding hydrogens is 441 g/mol. The van der Waals surface area contributed by atoms with E-state index in [1.807, 2.05) is 22.3 Å². The molecule has 1 aromatic rings. The molecule has 0 saturated heterocycles. The first-order valence-corrected chi connectivity index (χ1v) is 12.4. The number of hydrogen-bond donors (Lipinski definition) is 0. The molecule has 1 fully saturated rings. The molecule has 8 heteroatoms. The normalized spacial score (nSPS) is 20.8. The summed E-state index contributed by atoms with van der Waals surface area (Å²) < 4.78 is 19.5. The fourth-order valence-corrected chi connectivity index (χ4v) is 5.75. The zero-order chi connectivity index (χ0) is 23.5. The van der Waals surface area contributed by atoms with Gasteiger partial charge < -0.3 is 14.5 Å². The van der Waals surface area contributed by atoms with Gasteiger partial charge in [-0.1, -0.05) is 43.2 Å². The van der Waals surface area contributed by atoms with Crippen molar-refractivity contribution in [1.82, 2.24) is 9.80 Å². The molecule has 2 heterocycles. The Morgan fingerprint density at radius 2 is 2.03 bits per heavy atom. The molecule has 176 valence electrons. The molecule has 0 radical (unpaired) electrons. The number of fused-ring (bicyclic) bond motifs is 1.